The summed E-state index contributed by atoms with van der Waals surface area (Å²) in [6, 6.07) is 17.4. The molecular formula is C23H24N4O2. The van der Waals surface area contributed by atoms with Crippen molar-refractivity contribution < 1.29 is 9.53 Å². The molecule has 0 radical (unpaired) electrons. The zero-order valence-electron chi connectivity index (χ0n) is 16.5. The monoisotopic (exact) mass is 388 g/mol. The number of carbonyl (C=O) groups excluding carboxylic acids is 1. The maximum absolute atomic E-state index is 12.8. The Morgan fingerprint density at radius 1 is 1.10 bits per heavy atom. The normalized spacial score (nSPS) is 13.0. The van der Waals surface area contributed by atoms with Crippen LogP contribution in [0.15, 0.2) is 54.6 Å². The summed E-state index contributed by atoms with van der Waals surface area (Å²) in [6.45, 7) is 1.97. The number of pyridine rings is 1. The van der Waals surface area contributed by atoms with Crippen molar-refractivity contribution in [1.29, 1.82) is 0 Å². The molecule has 4 N–H and O–H groups in total. The van der Waals surface area contributed by atoms with Crippen molar-refractivity contribution in [3.8, 4) is 5.75 Å². The molecule has 0 unspecified atom stereocenters. The van der Waals surface area contributed by atoms with Gasteiger partial charge in [0.2, 0.25) is 0 Å². The fourth-order valence-electron chi connectivity index (χ4n) is 3.81. The molecule has 0 saturated heterocycles. The van der Waals surface area contributed by atoms with E-state index in [2.05, 4.69) is 27.8 Å². The van der Waals surface area contributed by atoms with Crippen LogP contribution in [-0.2, 0) is 12.8 Å². The molecule has 1 aliphatic carbocycles. The highest BCUT2D eigenvalue weighted by atomic mass is 16.5. The van der Waals surface area contributed by atoms with Crippen molar-refractivity contribution in [3.05, 3.63) is 77.0 Å². The summed E-state index contributed by atoms with van der Waals surface area (Å²) in [7, 11) is 1.62. The van der Waals surface area contributed by atoms with Gasteiger partial charge in [-0.15, -0.1) is 0 Å². The van der Waals surface area contributed by atoms with Gasteiger partial charge < -0.3 is 21.1 Å². The number of nitrogen functional groups attached to an aromatic ring is 1. The highest BCUT2D eigenvalue weighted by Crippen LogP contribution is 2.30. The quantitative estimate of drug-likeness (QED) is 0.621. The van der Waals surface area contributed by atoms with Gasteiger partial charge in [0.25, 0.3) is 5.91 Å². The summed E-state index contributed by atoms with van der Waals surface area (Å²) in [5.74, 6) is 0.995. The van der Waals surface area contributed by atoms with Gasteiger partial charge in [0, 0.05) is 17.8 Å². The first-order valence-electron chi connectivity index (χ1n) is 9.59. The minimum absolute atomic E-state index is 0.0661. The number of fused-ring (bicyclic) bond motifs is 1. The summed E-state index contributed by atoms with van der Waals surface area (Å²) in [5.41, 5.74) is 11.1. The molecule has 0 atom stereocenters. The Hall–Kier alpha value is -3.54. The number of hydrogen-bond acceptors (Lipinski definition) is 5. The van der Waals surface area contributed by atoms with E-state index in [0.717, 1.165) is 29.8 Å². The molecule has 0 spiro atoms. The van der Waals surface area contributed by atoms with Gasteiger partial charge in [0.05, 0.1) is 12.8 Å². The average molecular weight is 388 g/mol. The lowest BCUT2D eigenvalue weighted by atomic mass is 10.1. The number of amides is 1. The van der Waals surface area contributed by atoms with Crippen LogP contribution in [0, 0.1) is 6.92 Å². The van der Waals surface area contributed by atoms with Crippen LogP contribution in [0.3, 0.4) is 0 Å². The summed E-state index contributed by atoms with van der Waals surface area (Å²) in [6.07, 6.45) is 1.66. The van der Waals surface area contributed by atoms with Gasteiger partial charge in [-0.25, -0.2) is 4.98 Å². The smallest absolute Gasteiger partial charge is 0.270 e. The second kappa shape index (κ2) is 7.83. The van der Waals surface area contributed by atoms with E-state index >= 15 is 0 Å². The van der Waals surface area contributed by atoms with Gasteiger partial charge in [-0.1, -0.05) is 36.4 Å². The Balaban J connectivity index is 1.51. The lowest BCUT2D eigenvalue weighted by Crippen LogP contribution is -2.35. The molecule has 6 heteroatoms. The molecule has 1 heterocycles. The Kier molecular flexibility index (Phi) is 5.08. The zero-order chi connectivity index (χ0) is 20.4. The second-order valence-corrected chi connectivity index (χ2v) is 7.30. The van der Waals surface area contributed by atoms with Crippen molar-refractivity contribution >= 4 is 23.1 Å². The standard InChI is InChI=1S/C23H24N4O2/c1-14-6-5-9-19(22(14)29-2)26-21-13-17(24)12-20(27-21)23(28)25-18-10-15-7-3-4-8-16(15)11-18/h3-9,12-13,18H,10-11H2,1-2H3,(H,25,28)(H3,24,26,27). The van der Waals surface area contributed by atoms with E-state index in [0.29, 0.717) is 11.5 Å². The first-order chi connectivity index (χ1) is 14.0. The third-order valence-corrected chi connectivity index (χ3v) is 5.15. The highest BCUT2D eigenvalue weighted by Gasteiger charge is 2.23. The van der Waals surface area contributed by atoms with Crippen molar-refractivity contribution in [2.75, 3.05) is 18.2 Å². The number of nitrogens with zero attached hydrogens (tertiary/aromatic N) is 1. The first kappa shape index (κ1) is 18.8. The third kappa shape index (κ3) is 4.01. The summed E-state index contributed by atoms with van der Waals surface area (Å²) < 4.78 is 5.47. The van der Waals surface area contributed by atoms with Gasteiger partial charge in [0.1, 0.15) is 17.3 Å². The summed E-state index contributed by atoms with van der Waals surface area (Å²) in [5, 5.41) is 6.29. The number of aryl methyl sites for hydroxylation is 1. The Labute approximate surface area is 170 Å². The van der Waals surface area contributed by atoms with Crippen LogP contribution in [0.25, 0.3) is 0 Å². The van der Waals surface area contributed by atoms with Crippen LogP contribution >= 0.6 is 0 Å². The van der Waals surface area contributed by atoms with Crippen LogP contribution in [0.5, 0.6) is 5.75 Å². The molecule has 1 aromatic heterocycles. The molecule has 0 aliphatic heterocycles. The van der Waals surface area contributed by atoms with E-state index in [4.69, 9.17) is 10.5 Å². The number of aromatic nitrogens is 1. The number of nitrogens with two attached hydrogens (primary N) is 1. The van der Waals surface area contributed by atoms with Crippen LogP contribution in [-0.4, -0.2) is 24.0 Å². The van der Waals surface area contributed by atoms with Crippen LogP contribution < -0.4 is 21.1 Å². The fourth-order valence-corrected chi connectivity index (χ4v) is 3.81. The van der Waals surface area contributed by atoms with Gasteiger partial charge in [0.15, 0.2) is 0 Å². The minimum atomic E-state index is -0.227. The average Bonchev–Trinajstić information content (AvgIpc) is 3.10. The number of rotatable bonds is 5. The molecule has 6 nitrogen and oxygen atoms in total. The molecule has 29 heavy (non-hydrogen) atoms. The topological polar surface area (TPSA) is 89.3 Å². The Morgan fingerprint density at radius 3 is 2.52 bits per heavy atom. The lowest BCUT2D eigenvalue weighted by molar-refractivity contribution is 0.0933. The molecule has 3 aromatic rings. The van der Waals surface area contributed by atoms with Gasteiger partial charge in [-0.05, 0) is 48.6 Å². The zero-order valence-corrected chi connectivity index (χ0v) is 16.5. The minimum Gasteiger partial charge on any atom is -0.494 e. The number of benzene rings is 2. The number of hydrogen-bond donors (Lipinski definition) is 3. The molecule has 0 saturated carbocycles. The predicted octanol–water partition coefficient (Wildman–Crippen LogP) is 3.62. The van der Waals surface area contributed by atoms with Gasteiger partial charge in [-0.3, -0.25) is 4.79 Å². The number of nitrogens with one attached hydrogen (secondary N) is 2. The largest absolute Gasteiger partial charge is 0.494 e. The third-order valence-electron chi connectivity index (χ3n) is 5.15. The van der Waals surface area contributed by atoms with Gasteiger partial charge >= 0.3 is 0 Å². The summed E-state index contributed by atoms with van der Waals surface area (Å²) >= 11 is 0. The molecule has 148 valence electrons. The van der Waals surface area contributed by atoms with Crippen LogP contribution in [0.2, 0.25) is 0 Å². The lowest BCUT2D eigenvalue weighted by Gasteiger charge is -2.15. The van der Waals surface area contributed by atoms with E-state index in [-0.39, 0.29) is 17.6 Å². The number of ether oxygens (including phenoxy) is 1. The molecule has 2 aromatic carbocycles. The highest BCUT2D eigenvalue weighted by molar-refractivity contribution is 5.94. The van der Waals surface area contributed by atoms with E-state index in [9.17, 15) is 4.79 Å². The number of para-hydroxylation sites is 1. The van der Waals surface area contributed by atoms with Crippen molar-refractivity contribution in [3.63, 3.8) is 0 Å². The maximum atomic E-state index is 12.8. The predicted molar refractivity (Wildman–Crippen MR) is 115 cm³/mol. The molecule has 0 fully saturated rings. The SMILES string of the molecule is COc1c(C)cccc1Nc1cc(N)cc(C(=O)NC2Cc3ccccc3C2)n1. The molecular weight excluding hydrogens is 364 g/mol. The number of anilines is 3. The Morgan fingerprint density at radius 2 is 1.83 bits per heavy atom. The molecule has 4 rings (SSSR count). The summed E-state index contributed by atoms with van der Waals surface area (Å²) in [4.78, 5) is 17.3. The van der Waals surface area contributed by atoms with E-state index in [1.165, 1.54) is 11.1 Å². The second-order valence-electron chi connectivity index (χ2n) is 7.30. The molecule has 1 aliphatic rings. The van der Waals surface area contributed by atoms with E-state index in [1.54, 1.807) is 19.2 Å². The number of carbonyl (C=O) groups is 1. The van der Waals surface area contributed by atoms with Crippen molar-refractivity contribution in [2.45, 2.75) is 25.8 Å². The van der Waals surface area contributed by atoms with Crippen LogP contribution in [0.1, 0.15) is 27.2 Å². The van der Waals surface area contributed by atoms with Crippen LogP contribution in [0.4, 0.5) is 17.2 Å². The maximum Gasteiger partial charge on any atom is 0.270 e. The van der Waals surface area contributed by atoms with E-state index < -0.39 is 0 Å². The first-order valence-corrected chi connectivity index (χ1v) is 9.59. The van der Waals surface area contributed by atoms with Crippen molar-refractivity contribution in [2.24, 2.45) is 0 Å². The van der Waals surface area contributed by atoms with Gasteiger partial charge in [-0.2, -0.15) is 0 Å². The van der Waals surface area contributed by atoms with Crippen molar-refractivity contribution in [1.82, 2.24) is 10.3 Å². The van der Waals surface area contributed by atoms with E-state index in [1.807, 2.05) is 37.3 Å². The molecule has 1 amide bonds. The molecule has 0 bridgehead atoms. The number of methoxy groups -OCH3 is 1. The Bertz CT molecular complexity index is 1040. The fraction of sp³-hybridized carbons (Fsp3) is 0.217.